The van der Waals surface area contributed by atoms with Crippen molar-refractivity contribution in [2.45, 2.75) is 19.9 Å². The summed E-state index contributed by atoms with van der Waals surface area (Å²) in [5, 5.41) is 2.59. The van der Waals surface area contributed by atoms with Gasteiger partial charge >= 0.3 is 0 Å². The summed E-state index contributed by atoms with van der Waals surface area (Å²) >= 11 is 0. The molecule has 4 nitrogen and oxygen atoms in total. The molecule has 1 atom stereocenters. The molecule has 0 unspecified atom stereocenters. The lowest BCUT2D eigenvalue weighted by Crippen LogP contribution is -2.29. The molecule has 2 heterocycles. The molecule has 0 aliphatic heterocycles. The van der Waals surface area contributed by atoms with Crippen LogP contribution in [0.3, 0.4) is 0 Å². The van der Waals surface area contributed by atoms with Gasteiger partial charge in [0, 0.05) is 12.3 Å². The topological polar surface area (TPSA) is 54.9 Å². The maximum Gasteiger partial charge on any atom is 0.273 e. The highest BCUT2D eigenvalue weighted by atomic mass is 19.1. The molecule has 0 bridgehead atoms. The number of carbonyl (C=O) groups is 1. The maximum absolute atomic E-state index is 13.5. The van der Waals surface area contributed by atoms with Crippen LogP contribution in [0.5, 0.6) is 0 Å². The first-order chi connectivity index (χ1) is 9.49. The smallest absolute Gasteiger partial charge is 0.273 e. The van der Waals surface area contributed by atoms with Crippen LogP contribution < -0.4 is 5.32 Å². The number of hydrogen-bond donors (Lipinski definition) is 1. The van der Waals surface area contributed by atoms with Gasteiger partial charge in [0.2, 0.25) is 0 Å². The second-order valence-corrected chi connectivity index (χ2v) is 4.38. The Balaban J connectivity index is 2.17. The SMILES string of the molecule is Cc1cccnc1[C@H](C)NC(=O)c1ncc(F)cc1F. The third kappa shape index (κ3) is 2.96. The van der Waals surface area contributed by atoms with E-state index in [0.29, 0.717) is 11.8 Å². The minimum atomic E-state index is -0.993. The Morgan fingerprint density at radius 1 is 1.35 bits per heavy atom. The molecule has 2 aromatic heterocycles. The van der Waals surface area contributed by atoms with Crippen LogP contribution in [0.4, 0.5) is 8.78 Å². The lowest BCUT2D eigenvalue weighted by molar-refractivity contribution is 0.0929. The molecule has 2 rings (SSSR count). The summed E-state index contributed by atoms with van der Waals surface area (Å²) in [4.78, 5) is 19.5. The van der Waals surface area contributed by atoms with E-state index < -0.39 is 29.3 Å². The number of hydrogen-bond acceptors (Lipinski definition) is 3. The van der Waals surface area contributed by atoms with Gasteiger partial charge in [0.25, 0.3) is 5.91 Å². The van der Waals surface area contributed by atoms with Crippen molar-refractivity contribution in [3.63, 3.8) is 0 Å². The summed E-state index contributed by atoms with van der Waals surface area (Å²) in [6.45, 7) is 3.59. The summed E-state index contributed by atoms with van der Waals surface area (Å²) in [5.74, 6) is -2.53. The molecule has 0 saturated carbocycles. The van der Waals surface area contributed by atoms with Crippen LogP contribution in [0.2, 0.25) is 0 Å². The van der Waals surface area contributed by atoms with Crippen molar-refractivity contribution in [1.29, 1.82) is 0 Å². The minimum absolute atomic E-state index is 0.407. The Morgan fingerprint density at radius 3 is 2.75 bits per heavy atom. The second kappa shape index (κ2) is 5.73. The van der Waals surface area contributed by atoms with Crippen LogP contribution in [-0.2, 0) is 0 Å². The average Bonchev–Trinajstić information content (AvgIpc) is 2.38. The number of pyridine rings is 2. The average molecular weight is 277 g/mol. The molecule has 104 valence electrons. The Bertz CT molecular complexity index is 646. The molecule has 20 heavy (non-hydrogen) atoms. The monoisotopic (exact) mass is 277 g/mol. The van der Waals surface area contributed by atoms with Gasteiger partial charge < -0.3 is 5.32 Å². The summed E-state index contributed by atoms with van der Waals surface area (Å²) in [6, 6.07) is 3.87. The van der Waals surface area contributed by atoms with Crippen LogP contribution in [-0.4, -0.2) is 15.9 Å². The van der Waals surface area contributed by atoms with E-state index in [-0.39, 0.29) is 0 Å². The number of carbonyl (C=O) groups excluding carboxylic acids is 1. The number of nitrogens with zero attached hydrogens (tertiary/aromatic N) is 2. The Labute approximate surface area is 114 Å². The molecule has 2 aromatic rings. The van der Waals surface area contributed by atoms with E-state index >= 15 is 0 Å². The van der Waals surface area contributed by atoms with E-state index in [4.69, 9.17) is 0 Å². The summed E-state index contributed by atoms with van der Waals surface area (Å²) in [7, 11) is 0. The van der Waals surface area contributed by atoms with Gasteiger partial charge in [-0.3, -0.25) is 9.78 Å². The molecule has 1 amide bonds. The number of halogens is 2. The third-order valence-electron chi connectivity index (χ3n) is 2.83. The van der Waals surface area contributed by atoms with Crippen LogP contribution in [0.25, 0.3) is 0 Å². The number of amides is 1. The van der Waals surface area contributed by atoms with Crippen molar-refractivity contribution < 1.29 is 13.6 Å². The van der Waals surface area contributed by atoms with Crippen LogP contribution in [0.1, 0.15) is 34.7 Å². The Kier molecular flexibility index (Phi) is 4.02. The van der Waals surface area contributed by atoms with Gasteiger partial charge in [0.1, 0.15) is 5.82 Å². The molecule has 0 aliphatic carbocycles. The maximum atomic E-state index is 13.5. The zero-order valence-electron chi connectivity index (χ0n) is 11.0. The third-order valence-corrected chi connectivity index (χ3v) is 2.83. The first-order valence-corrected chi connectivity index (χ1v) is 6.02. The van der Waals surface area contributed by atoms with E-state index in [1.807, 2.05) is 13.0 Å². The van der Waals surface area contributed by atoms with Gasteiger partial charge in [-0.25, -0.2) is 13.8 Å². The largest absolute Gasteiger partial charge is 0.343 e. The predicted molar refractivity (Wildman–Crippen MR) is 69.0 cm³/mol. The predicted octanol–water partition coefficient (Wildman–Crippen LogP) is 2.55. The van der Waals surface area contributed by atoms with Crippen molar-refractivity contribution in [2.75, 3.05) is 0 Å². The fraction of sp³-hybridized carbons (Fsp3) is 0.214. The fourth-order valence-corrected chi connectivity index (χ4v) is 1.87. The molecule has 6 heteroatoms. The Morgan fingerprint density at radius 2 is 2.10 bits per heavy atom. The van der Waals surface area contributed by atoms with Crippen LogP contribution >= 0.6 is 0 Å². The summed E-state index contributed by atoms with van der Waals surface area (Å²) < 4.78 is 26.2. The molecular weight excluding hydrogens is 264 g/mol. The van der Waals surface area contributed by atoms with Crippen LogP contribution in [0, 0.1) is 18.6 Å². The van der Waals surface area contributed by atoms with E-state index in [1.165, 1.54) is 0 Å². The molecule has 0 aliphatic rings. The molecule has 1 N–H and O–H groups in total. The zero-order valence-corrected chi connectivity index (χ0v) is 11.0. The zero-order chi connectivity index (χ0) is 14.7. The standard InChI is InChI=1S/C14H13F2N3O/c1-8-4-3-5-17-12(8)9(2)19-14(20)13-11(16)6-10(15)7-18-13/h3-7,9H,1-2H3,(H,19,20)/t9-/m0/s1. The molecular formula is C14H13F2N3O. The van der Waals surface area contributed by atoms with Crippen molar-refractivity contribution >= 4 is 5.91 Å². The highest BCUT2D eigenvalue weighted by Crippen LogP contribution is 2.15. The van der Waals surface area contributed by atoms with Gasteiger partial charge in [-0.05, 0) is 25.5 Å². The first kappa shape index (κ1) is 14.0. The molecule has 0 radical (unpaired) electrons. The summed E-state index contributed by atoms with van der Waals surface area (Å²) in [5.41, 5.74) is 1.16. The van der Waals surface area contributed by atoms with Gasteiger partial charge in [0.15, 0.2) is 11.5 Å². The highest BCUT2D eigenvalue weighted by molar-refractivity contribution is 5.92. The number of aryl methyl sites for hydroxylation is 1. The van der Waals surface area contributed by atoms with Crippen LogP contribution in [0.15, 0.2) is 30.6 Å². The second-order valence-electron chi connectivity index (χ2n) is 4.38. The van der Waals surface area contributed by atoms with E-state index in [2.05, 4.69) is 15.3 Å². The lowest BCUT2D eigenvalue weighted by atomic mass is 10.1. The van der Waals surface area contributed by atoms with E-state index in [1.54, 1.807) is 19.2 Å². The highest BCUT2D eigenvalue weighted by Gasteiger charge is 2.18. The molecule has 0 saturated heterocycles. The Hall–Kier alpha value is -2.37. The van der Waals surface area contributed by atoms with Gasteiger partial charge in [-0.2, -0.15) is 0 Å². The number of nitrogens with one attached hydrogen (secondary N) is 1. The van der Waals surface area contributed by atoms with Gasteiger partial charge in [0.05, 0.1) is 17.9 Å². The van der Waals surface area contributed by atoms with Gasteiger partial charge in [-0.15, -0.1) is 0 Å². The normalized spacial score (nSPS) is 12.0. The van der Waals surface area contributed by atoms with Crippen molar-refractivity contribution in [3.8, 4) is 0 Å². The van der Waals surface area contributed by atoms with E-state index in [9.17, 15) is 13.6 Å². The number of rotatable bonds is 3. The molecule has 0 fully saturated rings. The fourth-order valence-electron chi connectivity index (χ4n) is 1.87. The minimum Gasteiger partial charge on any atom is -0.343 e. The first-order valence-electron chi connectivity index (χ1n) is 6.02. The van der Waals surface area contributed by atoms with Crippen molar-refractivity contribution in [3.05, 3.63) is 59.2 Å². The van der Waals surface area contributed by atoms with Crippen molar-refractivity contribution in [1.82, 2.24) is 15.3 Å². The lowest BCUT2D eigenvalue weighted by Gasteiger charge is -2.15. The summed E-state index contributed by atoms with van der Waals surface area (Å²) in [6.07, 6.45) is 2.41. The molecule has 0 spiro atoms. The van der Waals surface area contributed by atoms with E-state index in [0.717, 1.165) is 11.8 Å². The quantitative estimate of drug-likeness (QED) is 0.938. The molecule has 0 aromatic carbocycles. The van der Waals surface area contributed by atoms with Crippen molar-refractivity contribution in [2.24, 2.45) is 0 Å². The number of aromatic nitrogens is 2. The van der Waals surface area contributed by atoms with Gasteiger partial charge in [-0.1, -0.05) is 6.07 Å².